The highest BCUT2D eigenvalue weighted by Crippen LogP contribution is 2.28. The lowest BCUT2D eigenvalue weighted by Crippen LogP contribution is -2.46. The number of thiocarbonyl (C=S) groups is 1. The molecule has 4 rings (SSSR count). The van der Waals surface area contributed by atoms with E-state index in [-0.39, 0.29) is 18.0 Å². The van der Waals surface area contributed by atoms with Gasteiger partial charge in [-0.05, 0) is 120 Å². The average Bonchev–Trinajstić information content (AvgIpc) is 3.61. The van der Waals surface area contributed by atoms with E-state index in [9.17, 15) is 9.59 Å². The van der Waals surface area contributed by atoms with E-state index in [0.29, 0.717) is 28.7 Å². The second-order valence-electron chi connectivity index (χ2n) is 12.5. The summed E-state index contributed by atoms with van der Waals surface area (Å²) in [4.78, 5) is 29.6. The molecule has 1 heterocycles. The quantitative estimate of drug-likeness (QED) is 0.0941. The van der Waals surface area contributed by atoms with E-state index in [0.717, 1.165) is 41.5 Å². The van der Waals surface area contributed by atoms with Crippen molar-refractivity contribution in [3.63, 3.8) is 0 Å². The molecule has 2 aromatic carbocycles. The number of ketones is 1. The van der Waals surface area contributed by atoms with Gasteiger partial charge in [0.2, 0.25) is 0 Å². The molecule has 1 atom stereocenters. The van der Waals surface area contributed by atoms with Crippen molar-refractivity contribution in [1.29, 1.82) is 0 Å². The number of rotatable bonds is 7. The summed E-state index contributed by atoms with van der Waals surface area (Å²) in [6.07, 6.45) is 6.66. The number of ether oxygens (including phenoxy) is 2. The van der Waals surface area contributed by atoms with Crippen LogP contribution in [0.3, 0.4) is 0 Å². The molecule has 1 saturated carbocycles. The lowest BCUT2D eigenvalue weighted by molar-refractivity contribution is 0.00775. The van der Waals surface area contributed by atoms with Gasteiger partial charge < -0.3 is 25.4 Å². The number of benzene rings is 2. The van der Waals surface area contributed by atoms with Crippen molar-refractivity contribution in [2.45, 2.75) is 113 Å². The van der Waals surface area contributed by atoms with Crippen molar-refractivity contribution in [3.05, 3.63) is 59.2 Å². The molecule has 1 saturated heterocycles. The molecule has 0 bridgehead atoms. The number of carbonyl (C=O) groups excluding carboxylic acids is 2. The Morgan fingerprint density at radius 2 is 1.63 bits per heavy atom. The van der Waals surface area contributed by atoms with Crippen molar-refractivity contribution < 1.29 is 19.1 Å². The standard InChI is InChI=1S/C24H36N4O3S2.C10H11BrO.2C2H6/c1-24(2,3)31-23(29)28-14-6-9-20(15-28)30-19-12-10-18(11-13-19)26-22(32)27-21(25)33-16-17-7-4-5-8-17;1-7-3-4-9(5-8(7)2)10(12)6-11;2*1-2/h10-13,17,20H,4-9,14-16H2,1-3H3,(H3,25,26,27,32);3-5H,6H2,1-2H3;2*1-2H3. The Hall–Kier alpha value is -2.63. The zero-order valence-electron chi connectivity index (χ0n) is 31.1. The number of aliphatic imine (C=N–C) groups is 1. The smallest absolute Gasteiger partial charge is 0.410 e. The Morgan fingerprint density at radius 3 is 2.20 bits per heavy atom. The molecule has 1 amide bonds. The summed E-state index contributed by atoms with van der Waals surface area (Å²) in [6, 6.07) is 13.3. The molecule has 274 valence electrons. The van der Waals surface area contributed by atoms with Crippen LogP contribution in [0.1, 0.15) is 108 Å². The maximum absolute atomic E-state index is 12.3. The van der Waals surface area contributed by atoms with E-state index in [2.05, 4.69) is 26.2 Å². The van der Waals surface area contributed by atoms with E-state index in [1.165, 1.54) is 36.8 Å². The summed E-state index contributed by atoms with van der Waals surface area (Å²) >= 11 is 10.1. The summed E-state index contributed by atoms with van der Waals surface area (Å²) in [5.74, 6) is 2.64. The Bertz CT molecular complexity index is 1330. The van der Waals surface area contributed by atoms with Crippen LogP contribution in [0.15, 0.2) is 47.5 Å². The number of Topliss-reactive ketones (excluding diaryl/α,β-unsaturated/α-hetero) is 1. The summed E-state index contributed by atoms with van der Waals surface area (Å²) in [5, 5.41) is 4.35. The van der Waals surface area contributed by atoms with Crippen molar-refractivity contribution in [3.8, 4) is 5.75 Å². The average molecular weight is 780 g/mol. The lowest BCUT2D eigenvalue weighted by atomic mass is 10.0. The minimum Gasteiger partial charge on any atom is -0.489 e. The first kappa shape index (κ1) is 44.4. The summed E-state index contributed by atoms with van der Waals surface area (Å²) < 4.78 is 11.6. The molecule has 8 nitrogen and oxygen atoms in total. The van der Waals surface area contributed by atoms with Gasteiger partial charge in [0, 0.05) is 23.5 Å². The van der Waals surface area contributed by atoms with Crippen LogP contribution >= 0.6 is 39.9 Å². The van der Waals surface area contributed by atoms with E-state index < -0.39 is 5.60 Å². The molecule has 2 aliphatic rings. The zero-order chi connectivity index (χ0) is 37.0. The number of amidine groups is 1. The molecule has 1 aliphatic heterocycles. The maximum Gasteiger partial charge on any atom is 0.410 e. The SMILES string of the molecule is CC.CC.CC(C)(C)OC(=O)N1CCCC(Oc2ccc(NC(=S)/N=C(\N)SCC3CCCC3)cc2)C1.Cc1ccc(C(=O)CBr)cc1C. The summed E-state index contributed by atoms with van der Waals surface area (Å²) in [7, 11) is 0. The normalized spacial score (nSPS) is 16.1. The van der Waals surface area contributed by atoms with E-state index in [4.69, 9.17) is 27.4 Å². The maximum atomic E-state index is 12.3. The minimum atomic E-state index is -0.502. The molecular formula is C38H59BrN4O4S2. The highest BCUT2D eigenvalue weighted by Gasteiger charge is 2.28. The highest BCUT2D eigenvalue weighted by molar-refractivity contribution is 9.09. The van der Waals surface area contributed by atoms with Crippen molar-refractivity contribution in [1.82, 2.24) is 4.90 Å². The first-order valence-corrected chi connectivity index (χ1v) is 20.0. The van der Waals surface area contributed by atoms with Gasteiger partial charge in [0.15, 0.2) is 16.1 Å². The molecule has 1 unspecified atom stereocenters. The van der Waals surface area contributed by atoms with Crippen LogP contribution in [-0.2, 0) is 4.74 Å². The van der Waals surface area contributed by atoms with Gasteiger partial charge in [-0.15, -0.1) is 0 Å². The molecule has 2 fully saturated rings. The van der Waals surface area contributed by atoms with Gasteiger partial charge in [0.25, 0.3) is 0 Å². The number of halogens is 1. The van der Waals surface area contributed by atoms with Gasteiger partial charge in [-0.1, -0.05) is 80.4 Å². The highest BCUT2D eigenvalue weighted by atomic mass is 79.9. The van der Waals surface area contributed by atoms with E-state index >= 15 is 0 Å². The number of nitrogens with two attached hydrogens (primary N) is 1. The first-order valence-electron chi connectivity index (χ1n) is 17.5. The Morgan fingerprint density at radius 1 is 1.00 bits per heavy atom. The van der Waals surface area contributed by atoms with Crippen molar-refractivity contribution in [2.75, 3.05) is 29.5 Å². The molecule has 0 aromatic heterocycles. The fraction of sp³-hybridized carbons (Fsp3) is 0.579. The largest absolute Gasteiger partial charge is 0.489 e. The number of thioether (sulfide) groups is 1. The number of aryl methyl sites for hydroxylation is 2. The molecule has 49 heavy (non-hydrogen) atoms. The predicted octanol–water partition coefficient (Wildman–Crippen LogP) is 10.3. The van der Waals surface area contributed by atoms with Crippen molar-refractivity contribution >= 4 is 67.8 Å². The third-order valence-corrected chi connectivity index (χ3v) is 9.27. The van der Waals surface area contributed by atoms with Crippen LogP contribution in [-0.4, -0.2) is 62.9 Å². The Kier molecular flexibility index (Phi) is 21.5. The molecule has 0 spiro atoms. The lowest BCUT2D eigenvalue weighted by Gasteiger charge is -2.34. The minimum absolute atomic E-state index is 0.0626. The van der Waals surface area contributed by atoms with E-state index in [1.54, 1.807) is 16.7 Å². The molecule has 2 aromatic rings. The Balaban J connectivity index is 0.000000626. The second kappa shape index (κ2) is 23.7. The number of nitrogens with zero attached hydrogens (tertiary/aromatic N) is 2. The van der Waals surface area contributed by atoms with Gasteiger partial charge in [0.05, 0.1) is 11.9 Å². The fourth-order valence-electron chi connectivity index (χ4n) is 4.99. The van der Waals surface area contributed by atoms with Gasteiger partial charge in [-0.2, -0.15) is 4.99 Å². The molecule has 1 aliphatic carbocycles. The number of alkyl halides is 1. The van der Waals surface area contributed by atoms with Crippen LogP contribution in [0.2, 0.25) is 0 Å². The number of nitrogens with one attached hydrogen (secondary N) is 1. The van der Waals surface area contributed by atoms with Crippen LogP contribution in [0, 0.1) is 19.8 Å². The van der Waals surface area contributed by atoms with Gasteiger partial charge in [0.1, 0.15) is 17.5 Å². The molecule has 11 heteroatoms. The fourth-order valence-corrected chi connectivity index (χ4v) is 6.49. The summed E-state index contributed by atoms with van der Waals surface area (Å²) in [6.45, 7) is 18.9. The third kappa shape index (κ3) is 17.7. The second-order valence-corrected chi connectivity index (χ2v) is 14.5. The van der Waals surface area contributed by atoms with Gasteiger partial charge >= 0.3 is 6.09 Å². The van der Waals surface area contributed by atoms with Crippen LogP contribution < -0.4 is 15.8 Å². The number of anilines is 1. The number of likely N-dealkylation sites (tertiary alicyclic amines) is 1. The number of carbonyl (C=O) groups is 2. The van der Waals surface area contributed by atoms with Crippen LogP contribution in [0.4, 0.5) is 10.5 Å². The van der Waals surface area contributed by atoms with Crippen LogP contribution in [0.25, 0.3) is 0 Å². The first-order chi connectivity index (χ1) is 23.3. The monoisotopic (exact) mass is 778 g/mol. The number of hydrogen-bond donors (Lipinski definition) is 2. The Labute approximate surface area is 313 Å². The van der Waals surface area contributed by atoms with Crippen LogP contribution in [0.5, 0.6) is 5.75 Å². The summed E-state index contributed by atoms with van der Waals surface area (Å²) in [5.41, 5.74) is 9.53. The zero-order valence-corrected chi connectivity index (χ0v) is 34.3. The predicted molar refractivity (Wildman–Crippen MR) is 217 cm³/mol. The third-order valence-electron chi connectivity index (χ3n) is 7.54. The number of hydrogen-bond acceptors (Lipinski definition) is 6. The molecular weight excluding hydrogens is 720 g/mol. The number of amides is 1. The van der Waals surface area contributed by atoms with Gasteiger partial charge in [-0.3, -0.25) is 4.79 Å². The molecule has 0 radical (unpaired) electrons. The topological polar surface area (TPSA) is 106 Å². The van der Waals surface area contributed by atoms with E-state index in [1.807, 2.05) is 105 Å². The molecule has 3 N–H and O–H groups in total. The number of piperidine rings is 1. The van der Waals surface area contributed by atoms with Crippen molar-refractivity contribution in [2.24, 2.45) is 16.6 Å². The van der Waals surface area contributed by atoms with Gasteiger partial charge in [-0.25, -0.2) is 4.79 Å².